The van der Waals surface area contributed by atoms with Gasteiger partial charge in [0.1, 0.15) is 0 Å². The minimum Gasteiger partial charge on any atom is -0.423 e. The summed E-state index contributed by atoms with van der Waals surface area (Å²) in [6.45, 7) is 0. The Morgan fingerprint density at radius 1 is 1.00 bits per heavy atom. The Morgan fingerprint density at radius 2 is 1.42 bits per heavy atom. The lowest BCUT2D eigenvalue weighted by atomic mass is 9.80. The van der Waals surface area contributed by atoms with E-state index < -0.39 is 7.12 Å². The van der Waals surface area contributed by atoms with E-state index in [0.29, 0.717) is 5.02 Å². The molecule has 1 aromatic rings. The van der Waals surface area contributed by atoms with Crippen molar-refractivity contribution in [2.45, 2.75) is 0 Å². The van der Waals surface area contributed by atoms with Crippen molar-refractivity contribution in [3.63, 3.8) is 0 Å². The Labute approximate surface area is 84.8 Å². The van der Waals surface area contributed by atoms with Crippen molar-refractivity contribution in [3.8, 4) is 0 Å². The normalized spacial score (nSPS) is 10.1. The van der Waals surface area contributed by atoms with E-state index in [0.717, 1.165) is 0 Å². The van der Waals surface area contributed by atoms with E-state index >= 15 is 0 Å². The maximum Gasteiger partial charge on any atom is 0.491 e. The molecule has 0 spiro atoms. The molecule has 0 aliphatic carbocycles. The summed E-state index contributed by atoms with van der Waals surface area (Å²) in [4.78, 5) is 0. The molecule has 0 aliphatic rings. The van der Waals surface area contributed by atoms with Crippen LogP contribution in [0.1, 0.15) is 0 Å². The van der Waals surface area contributed by atoms with Crippen molar-refractivity contribution in [2.24, 2.45) is 0 Å². The fourth-order valence-corrected chi connectivity index (χ4v) is 1.81. The first-order chi connectivity index (χ1) is 5.52. The van der Waals surface area contributed by atoms with Gasteiger partial charge in [0, 0.05) is 20.5 Å². The highest BCUT2D eigenvalue weighted by atomic mass is 35.5. The monoisotopic (exact) mass is 224 g/mol. The quantitative estimate of drug-likeness (QED) is 0.708. The lowest BCUT2D eigenvalue weighted by Crippen LogP contribution is -2.31. The molecule has 0 bridgehead atoms. The van der Waals surface area contributed by atoms with Gasteiger partial charge in [-0.1, -0.05) is 34.8 Å². The average Bonchev–Trinajstić information content (AvgIpc) is 1.82. The minimum absolute atomic E-state index is 0.0720. The van der Waals surface area contributed by atoms with Gasteiger partial charge in [-0.05, 0) is 12.1 Å². The molecule has 0 fully saturated rings. The van der Waals surface area contributed by atoms with Crippen LogP contribution in [-0.2, 0) is 0 Å². The molecule has 2 N–H and O–H groups in total. The molecule has 1 rings (SSSR count). The average molecular weight is 225 g/mol. The molecular formula is C6H4BCl3O2. The van der Waals surface area contributed by atoms with Gasteiger partial charge in [-0.15, -0.1) is 0 Å². The Balaban J connectivity index is 3.28. The van der Waals surface area contributed by atoms with Crippen molar-refractivity contribution in [1.29, 1.82) is 0 Å². The Morgan fingerprint density at radius 3 is 1.75 bits per heavy atom. The first-order valence-electron chi connectivity index (χ1n) is 3.03. The Hall–Kier alpha value is 0.0749. The highest BCUT2D eigenvalue weighted by Gasteiger charge is 2.19. The second kappa shape index (κ2) is 3.86. The molecule has 0 radical (unpaired) electrons. The zero-order valence-electron chi connectivity index (χ0n) is 5.76. The van der Waals surface area contributed by atoms with Gasteiger partial charge in [-0.2, -0.15) is 0 Å². The second-order valence-electron chi connectivity index (χ2n) is 2.16. The largest absolute Gasteiger partial charge is 0.491 e. The number of hydrogen-bond donors (Lipinski definition) is 2. The van der Waals surface area contributed by atoms with Crippen LogP contribution >= 0.6 is 34.8 Å². The van der Waals surface area contributed by atoms with Gasteiger partial charge in [-0.3, -0.25) is 0 Å². The molecule has 12 heavy (non-hydrogen) atoms. The van der Waals surface area contributed by atoms with Gasteiger partial charge in [-0.25, -0.2) is 0 Å². The second-order valence-corrected chi connectivity index (χ2v) is 3.41. The van der Waals surface area contributed by atoms with Crippen molar-refractivity contribution in [3.05, 3.63) is 27.2 Å². The van der Waals surface area contributed by atoms with Gasteiger partial charge in [0.05, 0.1) is 0 Å². The SMILES string of the molecule is OB(O)c1c(Cl)cc(Cl)cc1Cl. The van der Waals surface area contributed by atoms with E-state index in [1.807, 2.05) is 0 Å². The highest BCUT2D eigenvalue weighted by Crippen LogP contribution is 2.20. The summed E-state index contributed by atoms with van der Waals surface area (Å²) in [5, 5.41) is 18.3. The number of benzene rings is 1. The van der Waals surface area contributed by atoms with Crippen LogP contribution in [0.2, 0.25) is 15.1 Å². The number of halogens is 3. The molecule has 0 saturated carbocycles. The predicted octanol–water partition coefficient (Wildman–Crippen LogP) is 1.33. The fraction of sp³-hybridized carbons (Fsp3) is 0. The van der Waals surface area contributed by atoms with Crippen molar-refractivity contribution < 1.29 is 10.0 Å². The minimum atomic E-state index is -1.68. The molecule has 0 atom stereocenters. The van der Waals surface area contributed by atoms with E-state index in [4.69, 9.17) is 44.9 Å². The summed E-state index contributed by atoms with van der Waals surface area (Å²) >= 11 is 16.9. The molecule has 2 nitrogen and oxygen atoms in total. The number of hydrogen-bond acceptors (Lipinski definition) is 2. The third-order valence-electron chi connectivity index (χ3n) is 1.30. The molecule has 0 aromatic heterocycles. The van der Waals surface area contributed by atoms with Gasteiger partial charge in [0.2, 0.25) is 0 Å². The van der Waals surface area contributed by atoms with Crippen molar-refractivity contribution in [1.82, 2.24) is 0 Å². The predicted molar refractivity (Wildman–Crippen MR) is 51.3 cm³/mol. The third-order valence-corrected chi connectivity index (χ3v) is 2.15. The fourth-order valence-electron chi connectivity index (χ4n) is 0.800. The standard InChI is InChI=1S/C6H4BCl3O2/c8-3-1-4(9)6(7(11)12)5(10)2-3/h1-2,11-12H. The van der Waals surface area contributed by atoms with E-state index in [1.54, 1.807) is 0 Å². The van der Waals surface area contributed by atoms with Crippen LogP contribution < -0.4 is 5.46 Å². The van der Waals surface area contributed by atoms with Crippen molar-refractivity contribution >= 4 is 47.4 Å². The zero-order valence-corrected chi connectivity index (χ0v) is 8.03. The molecule has 0 unspecified atom stereocenters. The van der Waals surface area contributed by atoms with Gasteiger partial charge < -0.3 is 10.0 Å². The first kappa shape index (κ1) is 10.2. The summed E-state index contributed by atoms with van der Waals surface area (Å²) < 4.78 is 0. The summed E-state index contributed by atoms with van der Waals surface area (Å²) in [6.07, 6.45) is 0. The Bertz CT molecular complexity index is 280. The van der Waals surface area contributed by atoms with E-state index in [9.17, 15) is 0 Å². The van der Waals surface area contributed by atoms with Crippen LogP contribution in [0.4, 0.5) is 0 Å². The van der Waals surface area contributed by atoms with E-state index in [-0.39, 0.29) is 15.5 Å². The van der Waals surface area contributed by atoms with Crippen LogP contribution in [-0.4, -0.2) is 17.2 Å². The van der Waals surface area contributed by atoms with E-state index in [2.05, 4.69) is 0 Å². The molecule has 1 aromatic carbocycles. The van der Waals surface area contributed by atoms with Crippen LogP contribution in [0.3, 0.4) is 0 Å². The molecular weight excluding hydrogens is 221 g/mol. The third kappa shape index (κ3) is 2.06. The smallest absolute Gasteiger partial charge is 0.423 e. The zero-order chi connectivity index (χ0) is 9.30. The molecule has 0 heterocycles. The molecule has 64 valence electrons. The molecule has 0 amide bonds. The van der Waals surface area contributed by atoms with Gasteiger partial charge >= 0.3 is 7.12 Å². The maximum atomic E-state index is 8.82. The van der Waals surface area contributed by atoms with Crippen LogP contribution in [0.5, 0.6) is 0 Å². The lowest BCUT2D eigenvalue weighted by molar-refractivity contribution is 0.426. The molecule has 0 saturated heterocycles. The Kier molecular flexibility index (Phi) is 3.26. The van der Waals surface area contributed by atoms with Crippen LogP contribution in [0.15, 0.2) is 12.1 Å². The maximum absolute atomic E-state index is 8.82. The highest BCUT2D eigenvalue weighted by molar-refractivity contribution is 6.66. The summed E-state index contributed by atoms with van der Waals surface area (Å²) in [6, 6.07) is 2.79. The first-order valence-corrected chi connectivity index (χ1v) is 4.16. The van der Waals surface area contributed by atoms with Crippen LogP contribution in [0, 0.1) is 0 Å². The van der Waals surface area contributed by atoms with Crippen molar-refractivity contribution in [2.75, 3.05) is 0 Å². The molecule has 0 aliphatic heterocycles. The summed E-state index contributed by atoms with van der Waals surface area (Å²) in [7, 11) is -1.68. The summed E-state index contributed by atoms with van der Waals surface area (Å²) in [5.41, 5.74) is 0.0720. The summed E-state index contributed by atoms with van der Waals surface area (Å²) in [5.74, 6) is 0. The lowest BCUT2D eigenvalue weighted by Gasteiger charge is -2.05. The van der Waals surface area contributed by atoms with E-state index in [1.165, 1.54) is 12.1 Å². The van der Waals surface area contributed by atoms with Gasteiger partial charge in [0.15, 0.2) is 0 Å². The van der Waals surface area contributed by atoms with Gasteiger partial charge in [0.25, 0.3) is 0 Å². The topological polar surface area (TPSA) is 40.5 Å². The van der Waals surface area contributed by atoms with Crippen LogP contribution in [0.25, 0.3) is 0 Å². The molecule has 6 heteroatoms. The number of rotatable bonds is 1.